The van der Waals surface area contributed by atoms with Crippen molar-refractivity contribution in [1.82, 2.24) is 4.98 Å². The summed E-state index contributed by atoms with van der Waals surface area (Å²) in [6.45, 7) is 1.34. The second-order valence-corrected chi connectivity index (χ2v) is 3.89. The number of aromatic nitrogens is 1. The third-order valence-electron chi connectivity index (χ3n) is 2.51. The minimum absolute atomic E-state index is 0.0489. The highest BCUT2D eigenvalue weighted by atomic mass is 19.1. The smallest absolute Gasteiger partial charge is 0.272 e. The molecular weight excluding hydrogens is 254 g/mol. The number of nitrogens with one attached hydrogen (secondary N) is 2. The van der Waals surface area contributed by atoms with Crippen molar-refractivity contribution >= 4 is 17.4 Å². The van der Waals surface area contributed by atoms with E-state index in [0.29, 0.717) is 0 Å². The summed E-state index contributed by atoms with van der Waals surface area (Å²) in [6, 6.07) is 6.06. The van der Waals surface area contributed by atoms with E-state index in [4.69, 9.17) is 0 Å². The maximum absolute atomic E-state index is 13.3. The monoisotopic (exact) mass is 264 g/mol. The topological polar surface area (TPSA) is 62.0 Å². The molecule has 0 bridgehead atoms. The molecule has 0 unspecified atom stereocenters. The van der Waals surface area contributed by atoms with Crippen LogP contribution < -0.4 is 5.32 Å². The number of carbonyl (C=O) groups excluding carboxylic acids is 2. The van der Waals surface area contributed by atoms with Crippen molar-refractivity contribution in [3.8, 4) is 0 Å². The Hall–Kier alpha value is -2.50. The number of aromatic amines is 1. The van der Waals surface area contributed by atoms with Crippen LogP contribution in [0.25, 0.3) is 0 Å². The molecule has 1 heterocycles. The van der Waals surface area contributed by atoms with E-state index in [0.717, 1.165) is 12.1 Å². The number of halogens is 2. The molecule has 6 heteroatoms. The maximum atomic E-state index is 13.3. The normalized spacial score (nSPS) is 10.3. The Morgan fingerprint density at radius 2 is 1.63 bits per heavy atom. The highest BCUT2D eigenvalue weighted by Crippen LogP contribution is 2.18. The fourth-order valence-corrected chi connectivity index (χ4v) is 1.53. The van der Waals surface area contributed by atoms with Crippen LogP contribution in [0.1, 0.15) is 27.9 Å². The highest BCUT2D eigenvalue weighted by molar-refractivity contribution is 6.04. The van der Waals surface area contributed by atoms with Gasteiger partial charge in [0.25, 0.3) is 5.91 Å². The van der Waals surface area contributed by atoms with Gasteiger partial charge in [-0.2, -0.15) is 0 Å². The minimum atomic E-state index is -0.869. The summed E-state index contributed by atoms with van der Waals surface area (Å²) in [5.41, 5.74) is -0.224. The number of benzene rings is 1. The Bertz CT molecular complexity index is 630. The van der Waals surface area contributed by atoms with Gasteiger partial charge in [0.2, 0.25) is 0 Å². The van der Waals surface area contributed by atoms with Crippen molar-refractivity contribution in [1.29, 1.82) is 0 Å². The van der Waals surface area contributed by atoms with Gasteiger partial charge < -0.3 is 10.3 Å². The number of hydrogen-bond donors (Lipinski definition) is 2. The summed E-state index contributed by atoms with van der Waals surface area (Å²) in [7, 11) is 0. The van der Waals surface area contributed by atoms with E-state index >= 15 is 0 Å². The van der Waals surface area contributed by atoms with E-state index in [-0.39, 0.29) is 17.2 Å². The summed E-state index contributed by atoms with van der Waals surface area (Å²) in [4.78, 5) is 25.4. The van der Waals surface area contributed by atoms with Crippen LogP contribution in [0.3, 0.4) is 0 Å². The molecule has 2 aromatic rings. The second-order valence-electron chi connectivity index (χ2n) is 3.89. The van der Waals surface area contributed by atoms with Crippen LogP contribution in [0.4, 0.5) is 14.5 Å². The van der Waals surface area contributed by atoms with Gasteiger partial charge in [-0.3, -0.25) is 9.59 Å². The van der Waals surface area contributed by atoms with Crippen LogP contribution >= 0.6 is 0 Å². The quantitative estimate of drug-likeness (QED) is 0.837. The van der Waals surface area contributed by atoms with Gasteiger partial charge in [-0.15, -0.1) is 0 Å². The van der Waals surface area contributed by atoms with Gasteiger partial charge in [-0.1, -0.05) is 6.07 Å². The number of H-pyrrole nitrogens is 1. The fraction of sp³-hybridized carbons (Fsp3) is 0.0769. The van der Waals surface area contributed by atoms with E-state index < -0.39 is 23.2 Å². The summed E-state index contributed by atoms with van der Waals surface area (Å²) in [6.07, 6.45) is 0. The van der Waals surface area contributed by atoms with Crippen LogP contribution in [0.15, 0.2) is 30.3 Å². The van der Waals surface area contributed by atoms with Gasteiger partial charge in [-0.25, -0.2) is 8.78 Å². The second kappa shape index (κ2) is 5.01. The SMILES string of the molecule is CC(=O)c1ccc(C(=O)Nc2c(F)cccc2F)[nH]1. The lowest BCUT2D eigenvalue weighted by molar-refractivity contribution is 0.101. The van der Waals surface area contributed by atoms with Crippen molar-refractivity contribution in [2.75, 3.05) is 5.32 Å². The first-order valence-corrected chi connectivity index (χ1v) is 5.44. The third kappa shape index (κ3) is 2.67. The molecule has 0 radical (unpaired) electrons. The van der Waals surface area contributed by atoms with Gasteiger partial charge in [0.1, 0.15) is 23.0 Å². The van der Waals surface area contributed by atoms with Gasteiger partial charge in [0.15, 0.2) is 5.78 Å². The van der Waals surface area contributed by atoms with Crippen molar-refractivity contribution in [2.24, 2.45) is 0 Å². The van der Waals surface area contributed by atoms with Crippen LogP contribution in [0.5, 0.6) is 0 Å². The summed E-state index contributed by atoms with van der Waals surface area (Å²) in [5.74, 6) is -2.70. The predicted molar refractivity (Wildman–Crippen MR) is 65.1 cm³/mol. The zero-order chi connectivity index (χ0) is 14.0. The van der Waals surface area contributed by atoms with Crippen LogP contribution in [-0.2, 0) is 0 Å². The molecule has 0 saturated heterocycles. The van der Waals surface area contributed by atoms with E-state index in [1.54, 1.807) is 0 Å². The molecule has 1 aromatic heterocycles. The Morgan fingerprint density at radius 3 is 2.16 bits per heavy atom. The lowest BCUT2D eigenvalue weighted by Gasteiger charge is -2.06. The average molecular weight is 264 g/mol. The Labute approximate surface area is 107 Å². The van der Waals surface area contributed by atoms with Gasteiger partial charge in [-0.05, 0) is 24.3 Å². The Balaban J connectivity index is 2.23. The molecule has 0 spiro atoms. The zero-order valence-electron chi connectivity index (χ0n) is 9.96. The Morgan fingerprint density at radius 1 is 1.05 bits per heavy atom. The molecule has 0 saturated carbocycles. The molecule has 98 valence electrons. The Kier molecular flexibility index (Phi) is 3.41. The van der Waals surface area contributed by atoms with Crippen molar-refractivity contribution in [3.05, 3.63) is 53.4 Å². The fourth-order valence-electron chi connectivity index (χ4n) is 1.53. The molecule has 0 atom stereocenters. The number of ketones is 1. The first-order chi connectivity index (χ1) is 8.99. The molecule has 0 fully saturated rings. The largest absolute Gasteiger partial charge is 0.348 e. The first kappa shape index (κ1) is 12.9. The van der Waals surface area contributed by atoms with Crippen molar-refractivity contribution < 1.29 is 18.4 Å². The summed E-state index contributed by atoms with van der Waals surface area (Å²) < 4.78 is 26.7. The zero-order valence-corrected chi connectivity index (χ0v) is 9.96. The van der Waals surface area contributed by atoms with E-state index in [2.05, 4.69) is 10.3 Å². The number of para-hydroxylation sites is 1. The number of carbonyl (C=O) groups is 2. The molecule has 0 aliphatic heterocycles. The first-order valence-electron chi connectivity index (χ1n) is 5.44. The van der Waals surface area contributed by atoms with Crippen molar-refractivity contribution in [2.45, 2.75) is 6.92 Å². The van der Waals surface area contributed by atoms with E-state index in [1.165, 1.54) is 25.1 Å². The highest BCUT2D eigenvalue weighted by Gasteiger charge is 2.15. The molecule has 2 N–H and O–H groups in total. The molecular formula is C13H10F2N2O2. The van der Waals surface area contributed by atoms with Gasteiger partial charge >= 0.3 is 0 Å². The predicted octanol–water partition coefficient (Wildman–Crippen LogP) is 2.75. The van der Waals surface area contributed by atoms with Gasteiger partial charge in [0.05, 0.1) is 5.69 Å². The molecule has 0 aliphatic carbocycles. The number of hydrogen-bond acceptors (Lipinski definition) is 2. The number of rotatable bonds is 3. The minimum Gasteiger partial charge on any atom is -0.348 e. The van der Waals surface area contributed by atoms with E-state index in [1.807, 2.05) is 0 Å². The third-order valence-corrected chi connectivity index (χ3v) is 2.51. The molecule has 0 aliphatic rings. The summed E-state index contributed by atoms with van der Waals surface area (Å²) in [5, 5.41) is 2.12. The molecule has 19 heavy (non-hydrogen) atoms. The molecule has 2 rings (SSSR count). The van der Waals surface area contributed by atoms with Crippen LogP contribution in [0.2, 0.25) is 0 Å². The van der Waals surface area contributed by atoms with Crippen LogP contribution in [0, 0.1) is 11.6 Å². The lowest BCUT2D eigenvalue weighted by atomic mass is 10.2. The molecule has 1 amide bonds. The van der Waals surface area contributed by atoms with E-state index in [9.17, 15) is 18.4 Å². The van der Waals surface area contributed by atoms with Gasteiger partial charge in [0, 0.05) is 6.92 Å². The lowest BCUT2D eigenvalue weighted by Crippen LogP contribution is -2.15. The standard InChI is InChI=1S/C13H10F2N2O2/c1-7(18)10-5-6-11(16-10)13(19)17-12-8(14)3-2-4-9(12)15/h2-6,16H,1H3,(H,17,19). The number of anilines is 1. The number of Topliss-reactive ketones (excluding diaryl/α,β-unsaturated/α-hetero) is 1. The average Bonchev–Trinajstić information content (AvgIpc) is 2.83. The van der Waals surface area contributed by atoms with Crippen LogP contribution in [-0.4, -0.2) is 16.7 Å². The maximum Gasteiger partial charge on any atom is 0.272 e. The summed E-state index contributed by atoms with van der Waals surface area (Å²) >= 11 is 0. The number of amides is 1. The molecule has 1 aromatic carbocycles. The van der Waals surface area contributed by atoms with Crippen molar-refractivity contribution in [3.63, 3.8) is 0 Å². The molecule has 4 nitrogen and oxygen atoms in total.